The second-order valence-electron chi connectivity index (χ2n) is 7.16. The highest BCUT2D eigenvalue weighted by atomic mass is 16.2. The molecule has 0 bridgehead atoms. The highest BCUT2D eigenvalue weighted by Gasteiger charge is 2.34. The van der Waals surface area contributed by atoms with Crippen molar-refractivity contribution in [3.8, 4) is 0 Å². The fourth-order valence-corrected chi connectivity index (χ4v) is 3.78. The molecule has 2 aromatic heterocycles. The van der Waals surface area contributed by atoms with Gasteiger partial charge >= 0.3 is 5.69 Å². The minimum atomic E-state index is -0.484. The van der Waals surface area contributed by atoms with E-state index >= 15 is 0 Å². The lowest BCUT2D eigenvalue weighted by atomic mass is 9.95. The van der Waals surface area contributed by atoms with Crippen molar-refractivity contribution >= 4 is 16.9 Å². The fourth-order valence-electron chi connectivity index (χ4n) is 3.78. The van der Waals surface area contributed by atoms with Crippen LogP contribution in [-0.4, -0.2) is 44.1 Å². The van der Waals surface area contributed by atoms with Crippen molar-refractivity contribution < 1.29 is 4.79 Å². The number of nitrogens with two attached hydrogens (primary N) is 1. The zero-order valence-electron chi connectivity index (χ0n) is 15.7. The highest BCUT2D eigenvalue weighted by Crippen LogP contribution is 2.27. The van der Waals surface area contributed by atoms with E-state index in [9.17, 15) is 14.4 Å². The number of fused-ring (bicyclic) bond motifs is 1. The molecule has 0 unspecified atom stereocenters. The minimum Gasteiger partial charge on any atom is -0.335 e. The first-order chi connectivity index (χ1) is 13.4. The molecule has 3 aromatic rings. The predicted octanol–water partition coefficient (Wildman–Crippen LogP) is 0.199. The summed E-state index contributed by atoms with van der Waals surface area (Å²) in [5.74, 6) is -0.203. The third kappa shape index (κ3) is 2.82. The van der Waals surface area contributed by atoms with Crippen molar-refractivity contribution in [1.82, 2.24) is 19.0 Å². The lowest BCUT2D eigenvalue weighted by Crippen LogP contribution is -2.38. The van der Waals surface area contributed by atoms with Crippen LogP contribution in [0.4, 0.5) is 0 Å². The Morgan fingerprint density at radius 1 is 1.04 bits per heavy atom. The second-order valence-corrected chi connectivity index (χ2v) is 7.16. The summed E-state index contributed by atoms with van der Waals surface area (Å²) in [4.78, 5) is 43.4. The van der Waals surface area contributed by atoms with E-state index in [1.54, 1.807) is 11.0 Å². The summed E-state index contributed by atoms with van der Waals surface area (Å²) >= 11 is 0. The van der Waals surface area contributed by atoms with E-state index in [2.05, 4.69) is 4.98 Å². The molecule has 0 aliphatic carbocycles. The molecule has 0 saturated carbocycles. The Morgan fingerprint density at radius 2 is 1.75 bits per heavy atom. The number of amides is 1. The summed E-state index contributed by atoms with van der Waals surface area (Å²) in [6.45, 7) is 0.923. The van der Waals surface area contributed by atoms with Crippen LogP contribution in [0, 0.1) is 0 Å². The van der Waals surface area contributed by atoms with Crippen LogP contribution in [0.2, 0.25) is 0 Å². The van der Waals surface area contributed by atoms with E-state index in [-0.39, 0.29) is 29.2 Å². The molecule has 144 valence electrons. The van der Waals surface area contributed by atoms with Crippen molar-refractivity contribution in [1.29, 1.82) is 0 Å². The maximum Gasteiger partial charge on any atom is 0.332 e. The van der Waals surface area contributed by atoms with Gasteiger partial charge in [0.2, 0.25) is 0 Å². The van der Waals surface area contributed by atoms with Gasteiger partial charge < -0.3 is 10.6 Å². The molecule has 1 saturated heterocycles. The number of carbonyl (C=O) groups excluding carboxylic acids is 1. The van der Waals surface area contributed by atoms with Gasteiger partial charge in [0.25, 0.3) is 11.5 Å². The summed E-state index contributed by atoms with van der Waals surface area (Å²) in [7, 11) is 2.95. The molecule has 8 heteroatoms. The molecule has 2 N–H and O–H groups in total. The molecule has 4 rings (SSSR count). The average molecular weight is 379 g/mol. The average Bonchev–Trinajstić information content (AvgIpc) is 3.12. The van der Waals surface area contributed by atoms with Crippen LogP contribution in [0.25, 0.3) is 11.0 Å². The van der Waals surface area contributed by atoms with Gasteiger partial charge in [0.1, 0.15) is 11.3 Å². The first-order valence-corrected chi connectivity index (χ1v) is 9.05. The predicted molar refractivity (Wildman–Crippen MR) is 105 cm³/mol. The molecular formula is C20H21N5O3. The topological polar surface area (TPSA) is 103 Å². The standard InChI is InChI=1S/C20H21N5O3/c1-23-17-13(18(26)24(2)20(23)28)8-9-16(22-17)19(27)25-10-14(15(21)11-25)12-6-4-3-5-7-12/h3-9,14-15H,10-11,21H2,1-2H3/t14-,15+/m0/s1. The lowest BCUT2D eigenvalue weighted by molar-refractivity contribution is 0.0783. The first-order valence-electron chi connectivity index (χ1n) is 9.05. The van der Waals surface area contributed by atoms with Crippen molar-refractivity contribution in [3.63, 3.8) is 0 Å². The molecule has 2 atom stereocenters. The number of aromatic nitrogens is 3. The van der Waals surface area contributed by atoms with Crippen LogP contribution in [0.1, 0.15) is 22.0 Å². The Hall–Kier alpha value is -3.26. The number of aryl methyl sites for hydroxylation is 1. The molecule has 3 heterocycles. The van der Waals surface area contributed by atoms with Gasteiger partial charge in [-0.3, -0.25) is 18.7 Å². The van der Waals surface area contributed by atoms with Gasteiger partial charge in [0.05, 0.1) is 5.39 Å². The molecule has 1 aliphatic rings. The number of rotatable bonds is 2. The summed E-state index contributed by atoms with van der Waals surface area (Å²) in [5, 5.41) is 0.293. The number of carbonyl (C=O) groups is 1. The van der Waals surface area contributed by atoms with Gasteiger partial charge in [-0.05, 0) is 17.7 Å². The number of hydrogen-bond acceptors (Lipinski definition) is 5. The monoisotopic (exact) mass is 379 g/mol. The first kappa shape index (κ1) is 18.1. The van der Waals surface area contributed by atoms with Crippen LogP contribution in [0.15, 0.2) is 52.1 Å². The molecule has 1 aromatic carbocycles. The van der Waals surface area contributed by atoms with E-state index in [0.29, 0.717) is 18.5 Å². The molecule has 0 spiro atoms. The quantitative estimate of drug-likeness (QED) is 0.685. The molecule has 8 nitrogen and oxygen atoms in total. The van der Waals surface area contributed by atoms with Crippen molar-refractivity contribution in [2.75, 3.05) is 13.1 Å². The third-order valence-corrected chi connectivity index (χ3v) is 5.40. The maximum absolute atomic E-state index is 13.0. The van der Waals surface area contributed by atoms with E-state index in [1.165, 1.54) is 24.7 Å². The third-order valence-electron chi connectivity index (χ3n) is 5.40. The molecule has 1 aliphatic heterocycles. The lowest BCUT2D eigenvalue weighted by Gasteiger charge is -2.16. The van der Waals surface area contributed by atoms with Gasteiger partial charge in [-0.25, -0.2) is 9.78 Å². The molecule has 0 radical (unpaired) electrons. The smallest absolute Gasteiger partial charge is 0.332 e. The minimum absolute atomic E-state index is 0.0576. The molecular weight excluding hydrogens is 358 g/mol. The fraction of sp³-hybridized carbons (Fsp3) is 0.300. The summed E-state index contributed by atoms with van der Waals surface area (Å²) in [6.07, 6.45) is 0. The summed E-state index contributed by atoms with van der Waals surface area (Å²) in [6, 6.07) is 12.8. The number of likely N-dealkylation sites (tertiary alicyclic amines) is 1. The number of hydrogen-bond donors (Lipinski definition) is 1. The maximum atomic E-state index is 13.0. The zero-order valence-corrected chi connectivity index (χ0v) is 15.7. The van der Waals surface area contributed by atoms with E-state index < -0.39 is 11.2 Å². The van der Waals surface area contributed by atoms with Gasteiger partial charge in [0.15, 0.2) is 0 Å². The van der Waals surface area contributed by atoms with Crippen LogP contribution < -0.4 is 17.0 Å². The Bertz CT molecular complexity index is 1180. The van der Waals surface area contributed by atoms with Crippen LogP contribution in [-0.2, 0) is 14.1 Å². The van der Waals surface area contributed by atoms with E-state index in [4.69, 9.17) is 5.73 Å². The number of pyridine rings is 1. The van der Waals surface area contributed by atoms with Gasteiger partial charge in [-0.1, -0.05) is 30.3 Å². The largest absolute Gasteiger partial charge is 0.335 e. The van der Waals surface area contributed by atoms with Crippen molar-refractivity contribution in [3.05, 3.63) is 74.6 Å². The van der Waals surface area contributed by atoms with Gasteiger partial charge in [0, 0.05) is 39.1 Å². The normalized spacial score (nSPS) is 19.3. The van der Waals surface area contributed by atoms with E-state index in [1.807, 2.05) is 30.3 Å². The van der Waals surface area contributed by atoms with Crippen LogP contribution >= 0.6 is 0 Å². The zero-order chi connectivity index (χ0) is 20.0. The molecule has 1 amide bonds. The van der Waals surface area contributed by atoms with Gasteiger partial charge in [-0.15, -0.1) is 0 Å². The number of benzene rings is 1. The summed E-state index contributed by atoms with van der Waals surface area (Å²) in [5.41, 5.74) is 6.85. The van der Waals surface area contributed by atoms with Crippen molar-refractivity contribution in [2.24, 2.45) is 19.8 Å². The Labute approximate surface area is 160 Å². The summed E-state index contributed by atoms with van der Waals surface area (Å²) < 4.78 is 2.30. The Balaban J connectivity index is 1.68. The highest BCUT2D eigenvalue weighted by molar-refractivity contribution is 5.94. The SMILES string of the molecule is Cn1c(=O)c2ccc(C(=O)N3C[C@@H](N)[C@H](c4ccccc4)C3)nc2n(C)c1=O. The second kappa shape index (κ2) is 6.72. The van der Waals surface area contributed by atoms with E-state index in [0.717, 1.165) is 10.1 Å². The van der Waals surface area contributed by atoms with Gasteiger partial charge in [-0.2, -0.15) is 0 Å². The Kier molecular flexibility index (Phi) is 4.35. The Morgan fingerprint density at radius 3 is 2.46 bits per heavy atom. The molecule has 28 heavy (non-hydrogen) atoms. The van der Waals surface area contributed by atoms with Crippen LogP contribution in [0.3, 0.4) is 0 Å². The van der Waals surface area contributed by atoms with Crippen molar-refractivity contribution in [2.45, 2.75) is 12.0 Å². The number of nitrogens with zero attached hydrogens (tertiary/aromatic N) is 4. The van der Waals surface area contributed by atoms with Crippen LogP contribution in [0.5, 0.6) is 0 Å². The molecule has 1 fully saturated rings.